The lowest BCUT2D eigenvalue weighted by Crippen LogP contribution is -2.16. The van der Waals surface area contributed by atoms with Crippen LogP contribution in [0.3, 0.4) is 0 Å². The molecule has 0 saturated carbocycles. The average molecular weight is 339 g/mol. The van der Waals surface area contributed by atoms with Crippen molar-refractivity contribution in [2.24, 2.45) is 0 Å². The van der Waals surface area contributed by atoms with Gasteiger partial charge >= 0.3 is 0 Å². The lowest BCUT2D eigenvalue weighted by molar-refractivity contribution is 0.755. The molecule has 138 valence electrons. The normalized spacial score (nSPS) is 19.1. The van der Waals surface area contributed by atoms with Crippen LogP contribution < -0.4 is 0 Å². The molecule has 1 unspecified atom stereocenters. The van der Waals surface area contributed by atoms with Gasteiger partial charge in [-0.3, -0.25) is 0 Å². The van der Waals surface area contributed by atoms with Crippen molar-refractivity contribution in [3.8, 4) is 0 Å². The Balaban J connectivity index is 0. The Kier molecular flexibility index (Phi) is 13.3. The molecule has 0 bridgehead atoms. The van der Waals surface area contributed by atoms with Crippen LogP contribution in [0.25, 0.3) is 0 Å². The highest BCUT2D eigenvalue weighted by atomic mass is 14.3. The Hall–Kier alpha value is -2.08. The van der Waals surface area contributed by atoms with Crippen LogP contribution in [0, 0.1) is 0 Å². The van der Waals surface area contributed by atoms with E-state index in [9.17, 15) is 0 Å². The third kappa shape index (κ3) is 7.13. The third-order valence-corrected chi connectivity index (χ3v) is 3.86. The van der Waals surface area contributed by atoms with E-state index in [1.54, 1.807) is 0 Å². The van der Waals surface area contributed by atoms with E-state index in [1.807, 2.05) is 13.8 Å². The SMILES string of the molecule is C.C.C/C=C(\C=C/CC)C1=CC(C)(c2ccccc2)C=CC=C1.CC. The van der Waals surface area contributed by atoms with E-state index in [0.29, 0.717) is 0 Å². The minimum absolute atomic E-state index is 0. The summed E-state index contributed by atoms with van der Waals surface area (Å²) in [4.78, 5) is 0. The van der Waals surface area contributed by atoms with Crippen LogP contribution >= 0.6 is 0 Å². The average Bonchev–Trinajstić information content (AvgIpc) is 2.81. The van der Waals surface area contributed by atoms with Crippen LogP contribution in [0.2, 0.25) is 0 Å². The zero-order chi connectivity index (χ0) is 17.1. The molecule has 0 heterocycles. The molecule has 0 spiro atoms. The van der Waals surface area contributed by atoms with Gasteiger partial charge in [-0.25, -0.2) is 0 Å². The summed E-state index contributed by atoms with van der Waals surface area (Å²) >= 11 is 0. The maximum atomic E-state index is 2.36. The van der Waals surface area contributed by atoms with Crippen LogP contribution in [0.5, 0.6) is 0 Å². The molecule has 1 atom stereocenters. The molecule has 1 aliphatic rings. The fourth-order valence-electron chi connectivity index (χ4n) is 2.59. The Morgan fingerprint density at radius 2 is 1.68 bits per heavy atom. The Morgan fingerprint density at radius 1 is 1.04 bits per heavy atom. The topological polar surface area (TPSA) is 0 Å². The van der Waals surface area contributed by atoms with Gasteiger partial charge in [0.1, 0.15) is 0 Å². The first-order chi connectivity index (χ1) is 11.2. The Labute approximate surface area is 157 Å². The second-order valence-electron chi connectivity index (χ2n) is 5.52. The molecular formula is C25H38. The Bertz CT molecular complexity index is 609. The summed E-state index contributed by atoms with van der Waals surface area (Å²) in [6.07, 6.45) is 18.8. The van der Waals surface area contributed by atoms with Gasteiger partial charge in [0.05, 0.1) is 0 Å². The minimum Gasteiger partial charge on any atom is -0.0842 e. The smallest absolute Gasteiger partial charge is 0.0295 e. The van der Waals surface area contributed by atoms with Crippen LogP contribution in [0.1, 0.15) is 61.5 Å². The van der Waals surface area contributed by atoms with Crippen molar-refractivity contribution >= 4 is 0 Å². The molecule has 1 aromatic rings. The Morgan fingerprint density at radius 3 is 2.24 bits per heavy atom. The number of hydrogen-bond acceptors (Lipinski definition) is 0. The van der Waals surface area contributed by atoms with E-state index in [0.717, 1.165) is 6.42 Å². The monoisotopic (exact) mass is 338 g/mol. The maximum Gasteiger partial charge on any atom is 0.0295 e. The molecule has 0 fully saturated rings. The van der Waals surface area contributed by atoms with Gasteiger partial charge < -0.3 is 0 Å². The summed E-state index contributed by atoms with van der Waals surface area (Å²) in [5.41, 5.74) is 3.80. The first-order valence-corrected chi connectivity index (χ1v) is 8.67. The molecule has 0 heteroatoms. The van der Waals surface area contributed by atoms with Gasteiger partial charge in [0.25, 0.3) is 0 Å². The van der Waals surface area contributed by atoms with Crippen molar-refractivity contribution < 1.29 is 0 Å². The molecule has 25 heavy (non-hydrogen) atoms. The van der Waals surface area contributed by atoms with E-state index in [-0.39, 0.29) is 20.3 Å². The molecular weight excluding hydrogens is 300 g/mol. The van der Waals surface area contributed by atoms with Gasteiger partial charge in [-0.05, 0) is 37.0 Å². The van der Waals surface area contributed by atoms with Gasteiger partial charge in [0.15, 0.2) is 0 Å². The summed E-state index contributed by atoms with van der Waals surface area (Å²) < 4.78 is 0. The molecule has 0 radical (unpaired) electrons. The fourth-order valence-corrected chi connectivity index (χ4v) is 2.59. The second kappa shape index (κ2) is 13.2. The van der Waals surface area contributed by atoms with Crippen molar-refractivity contribution in [1.82, 2.24) is 0 Å². The lowest BCUT2D eigenvalue weighted by atomic mass is 9.80. The third-order valence-electron chi connectivity index (χ3n) is 3.86. The zero-order valence-corrected chi connectivity index (χ0v) is 15.2. The largest absolute Gasteiger partial charge is 0.0842 e. The fraction of sp³-hybridized carbons (Fsp3) is 0.360. The van der Waals surface area contributed by atoms with Crippen molar-refractivity contribution in [1.29, 1.82) is 0 Å². The van der Waals surface area contributed by atoms with E-state index in [1.165, 1.54) is 16.7 Å². The lowest BCUT2D eigenvalue weighted by Gasteiger charge is -2.23. The van der Waals surface area contributed by atoms with Gasteiger partial charge in [-0.15, -0.1) is 0 Å². The highest BCUT2D eigenvalue weighted by molar-refractivity contribution is 5.53. The van der Waals surface area contributed by atoms with Crippen molar-refractivity contribution in [2.45, 2.75) is 61.3 Å². The van der Waals surface area contributed by atoms with E-state index >= 15 is 0 Å². The van der Waals surface area contributed by atoms with Crippen molar-refractivity contribution in [2.75, 3.05) is 0 Å². The summed E-state index contributed by atoms with van der Waals surface area (Å²) in [6.45, 7) is 10.5. The van der Waals surface area contributed by atoms with Crippen LogP contribution in [0.15, 0.2) is 90.1 Å². The van der Waals surface area contributed by atoms with Gasteiger partial charge in [0.2, 0.25) is 0 Å². The van der Waals surface area contributed by atoms with Crippen molar-refractivity contribution in [3.63, 3.8) is 0 Å². The van der Waals surface area contributed by atoms with Gasteiger partial charge in [0, 0.05) is 5.41 Å². The highest BCUT2D eigenvalue weighted by Crippen LogP contribution is 2.32. The van der Waals surface area contributed by atoms with E-state index in [2.05, 4.69) is 99.7 Å². The molecule has 0 N–H and O–H groups in total. The first kappa shape index (κ1) is 25.2. The quantitative estimate of drug-likeness (QED) is 0.485. The molecule has 2 rings (SSSR count). The predicted molar refractivity (Wildman–Crippen MR) is 118 cm³/mol. The van der Waals surface area contributed by atoms with Crippen LogP contribution in [-0.2, 0) is 5.41 Å². The minimum atomic E-state index is -0.0750. The van der Waals surface area contributed by atoms with Crippen LogP contribution in [0.4, 0.5) is 0 Å². The molecule has 1 aromatic carbocycles. The van der Waals surface area contributed by atoms with E-state index in [4.69, 9.17) is 0 Å². The highest BCUT2D eigenvalue weighted by Gasteiger charge is 2.22. The molecule has 1 aliphatic carbocycles. The maximum absolute atomic E-state index is 2.36. The standard InChI is InChI=1S/C21H24.C2H6.2CH4/c1-4-6-12-18(5-2)19-13-10-11-16-21(3,17-19)20-14-8-7-9-15-20;1-2;;/h5-17H,4H2,1-3H3;1-2H3;2*1H4/b12-6-,18-5+;;;. The van der Waals surface area contributed by atoms with Crippen LogP contribution in [-0.4, -0.2) is 0 Å². The summed E-state index contributed by atoms with van der Waals surface area (Å²) in [5.74, 6) is 0. The molecule has 0 amide bonds. The van der Waals surface area contributed by atoms with Gasteiger partial charge in [-0.2, -0.15) is 0 Å². The van der Waals surface area contributed by atoms with Gasteiger partial charge in [-0.1, -0.05) is 115 Å². The summed E-state index contributed by atoms with van der Waals surface area (Å²) in [7, 11) is 0. The summed E-state index contributed by atoms with van der Waals surface area (Å²) in [6, 6.07) is 10.7. The first-order valence-electron chi connectivity index (χ1n) is 8.67. The molecule has 0 nitrogen and oxygen atoms in total. The number of hydrogen-bond donors (Lipinski definition) is 0. The number of rotatable bonds is 4. The molecule has 0 saturated heterocycles. The second-order valence-corrected chi connectivity index (χ2v) is 5.52. The predicted octanol–water partition coefficient (Wildman–Crippen LogP) is 8.21. The zero-order valence-electron chi connectivity index (χ0n) is 15.2. The van der Waals surface area contributed by atoms with E-state index < -0.39 is 0 Å². The number of allylic oxidation sites excluding steroid dienone is 10. The number of benzene rings is 1. The molecule has 0 aliphatic heterocycles. The summed E-state index contributed by atoms with van der Waals surface area (Å²) in [5, 5.41) is 0. The van der Waals surface area contributed by atoms with Crippen molar-refractivity contribution in [3.05, 3.63) is 95.6 Å². The molecule has 0 aromatic heterocycles.